The molecule has 0 saturated carbocycles. The molecule has 1 N–H and O–H groups in total. The zero-order valence-electron chi connectivity index (χ0n) is 18.5. The number of phenolic OH excluding ortho intramolecular Hbond substituents is 1. The third-order valence-electron chi connectivity index (χ3n) is 6.70. The quantitative estimate of drug-likeness (QED) is 0.780. The number of aromatic hydroxyl groups is 1. The number of benzene rings is 1. The molecule has 0 radical (unpaired) electrons. The van der Waals surface area contributed by atoms with E-state index in [4.69, 9.17) is 18.6 Å². The third-order valence-corrected chi connectivity index (χ3v) is 6.70. The van der Waals surface area contributed by atoms with E-state index >= 15 is 0 Å². The molecule has 5 nitrogen and oxygen atoms in total. The van der Waals surface area contributed by atoms with Crippen LogP contribution in [0.2, 0.25) is 0 Å². The second kappa shape index (κ2) is 6.63. The zero-order chi connectivity index (χ0) is 21.1. The van der Waals surface area contributed by atoms with Crippen molar-refractivity contribution in [1.29, 1.82) is 0 Å². The summed E-state index contributed by atoms with van der Waals surface area (Å²) in [6, 6.07) is 7.06. The van der Waals surface area contributed by atoms with Gasteiger partial charge >= 0.3 is 14.2 Å². The van der Waals surface area contributed by atoms with Gasteiger partial charge in [0.25, 0.3) is 0 Å². The van der Waals surface area contributed by atoms with Crippen LogP contribution in [0.15, 0.2) is 29.7 Å². The van der Waals surface area contributed by atoms with E-state index in [0.717, 1.165) is 16.5 Å². The Morgan fingerprint density at radius 3 is 1.43 bits per heavy atom. The van der Waals surface area contributed by atoms with Crippen molar-refractivity contribution >= 4 is 19.7 Å². The van der Waals surface area contributed by atoms with E-state index in [1.54, 1.807) is 12.1 Å². The summed E-state index contributed by atoms with van der Waals surface area (Å²) >= 11 is 0. The summed E-state index contributed by atoms with van der Waals surface area (Å²) in [6.45, 7) is 18.3. The second-order valence-electron chi connectivity index (χ2n) is 9.82. The minimum atomic E-state index is -0.562. The Morgan fingerprint density at radius 2 is 1.04 bits per heavy atom. The molecule has 0 bridgehead atoms. The highest BCUT2D eigenvalue weighted by Gasteiger charge is 2.56. The van der Waals surface area contributed by atoms with Crippen LogP contribution in [0.25, 0.3) is 5.47 Å². The zero-order valence-corrected chi connectivity index (χ0v) is 18.5. The van der Waals surface area contributed by atoms with Gasteiger partial charge in [0.05, 0.1) is 22.4 Å². The molecule has 0 aromatic heterocycles. The average molecular weight is 386 g/mol. The van der Waals surface area contributed by atoms with Gasteiger partial charge in [-0.2, -0.15) is 0 Å². The molecule has 2 saturated heterocycles. The lowest BCUT2D eigenvalue weighted by atomic mass is 9.63. The fourth-order valence-electron chi connectivity index (χ4n) is 3.30. The summed E-state index contributed by atoms with van der Waals surface area (Å²) in [7, 11) is -1.07. The molecule has 0 spiro atoms. The Kier molecular flexibility index (Phi) is 5.07. The molecule has 0 amide bonds. The van der Waals surface area contributed by atoms with Crippen molar-refractivity contribution in [2.24, 2.45) is 0 Å². The van der Waals surface area contributed by atoms with E-state index < -0.39 is 36.6 Å². The first-order valence-electron chi connectivity index (χ1n) is 9.88. The molecule has 7 heteroatoms. The van der Waals surface area contributed by atoms with Crippen LogP contribution < -0.4 is 0 Å². The van der Waals surface area contributed by atoms with E-state index in [1.807, 2.05) is 74.4 Å². The van der Waals surface area contributed by atoms with E-state index in [0.29, 0.717) is 0 Å². The summed E-state index contributed by atoms with van der Waals surface area (Å²) in [4.78, 5) is 0. The van der Waals surface area contributed by atoms with Crippen LogP contribution in [-0.4, -0.2) is 41.7 Å². The monoisotopic (exact) mass is 386 g/mol. The topological polar surface area (TPSA) is 57.2 Å². The van der Waals surface area contributed by atoms with Crippen molar-refractivity contribution in [2.75, 3.05) is 0 Å². The summed E-state index contributed by atoms with van der Waals surface area (Å²) in [6.07, 6.45) is 0. The van der Waals surface area contributed by atoms with Gasteiger partial charge in [-0.1, -0.05) is 12.1 Å². The molecule has 2 aliphatic heterocycles. The summed E-state index contributed by atoms with van der Waals surface area (Å²) < 4.78 is 25.2. The molecule has 1 aromatic rings. The van der Waals surface area contributed by atoms with Crippen molar-refractivity contribution in [3.8, 4) is 5.75 Å². The predicted molar refractivity (Wildman–Crippen MR) is 113 cm³/mol. The van der Waals surface area contributed by atoms with E-state index in [9.17, 15) is 5.11 Å². The van der Waals surface area contributed by atoms with Gasteiger partial charge in [-0.25, -0.2) is 0 Å². The molecule has 28 heavy (non-hydrogen) atoms. The van der Waals surface area contributed by atoms with Gasteiger partial charge in [0, 0.05) is 0 Å². The molecule has 2 fully saturated rings. The lowest BCUT2D eigenvalue weighted by Gasteiger charge is -2.32. The molecule has 3 rings (SSSR count). The average Bonchev–Trinajstić information content (AvgIpc) is 2.89. The van der Waals surface area contributed by atoms with Crippen molar-refractivity contribution in [1.82, 2.24) is 0 Å². The lowest BCUT2D eigenvalue weighted by Crippen LogP contribution is -2.41. The fourth-order valence-corrected chi connectivity index (χ4v) is 3.30. The highest BCUT2D eigenvalue weighted by Crippen LogP contribution is 2.44. The molecule has 2 heterocycles. The normalized spacial score (nSPS) is 25.8. The number of rotatable bonds is 3. The van der Waals surface area contributed by atoms with Crippen LogP contribution in [0.4, 0.5) is 0 Å². The first-order chi connectivity index (χ1) is 12.7. The van der Waals surface area contributed by atoms with Gasteiger partial charge in [0.15, 0.2) is 0 Å². The van der Waals surface area contributed by atoms with Crippen molar-refractivity contribution in [2.45, 2.75) is 84.7 Å². The minimum absolute atomic E-state index is 0.213. The predicted octanol–water partition coefficient (Wildman–Crippen LogP) is 4.43. The molecule has 0 aliphatic carbocycles. The van der Waals surface area contributed by atoms with Crippen LogP contribution in [0.5, 0.6) is 5.75 Å². The first-order valence-corrected chi connectivity index (χ1v) is 9.88. The number of phenols is 1. The van der Waals surface area contributed by atoms with Crippen molar-refractivity contribution in [3.63, 3.8) is 0 Å². The van der Waals surface area contributed by atoms with Crippen LogP contribution in [0, 0.1) is 0 Å². The SMILES string of the molecule is C/C(B1OC(C)(C)C(C)(C)O1)=C(/B1OC(C)(C)C(C)(C)O1)c1ccc(O)cc1. The standard InChI is InChI=1S/C21H32B2O5/c1-14(22-25-18(2,3)19(4,5)26-22)17(15-10-12-16(24)13-11-15)23-27-20(6,7)21(8,9)28-23/h10-13,24H,1-9H3/b17-14-. The lowest BCUT2D eigenvalue weighted by molar-refractivity contribution is 0.00578. The van der Waals surface area contributed by atoms with Gasteiger partial charge in [-0.05, 0) is 91.0 Å². The molecule has 0 atom stereocenters. The summed E-state index contributed by atoms with van der Waals surface area (Å²) in [5, 5.41) is 9.73. The Hall–Kier alpha value is -1.27. The molecular weight excluding hydrogens is 354 g/mol. The molecule has 0 unspecified atom stereocenters. The maximum absolute atomic E-state index is 9.73. The molecule has 2 aliphatic rings. The maximum Gasteiger partial charge on any atom is 0.494 e. The third kappa shape index (κ3) is 3.54. The first kappa shape index (κ1) is 21.4. The van der Waals surface area contributed by atoms with Gasteiger partial charge in [-0.15, -0.1) is 0 Å². The molecule has 1 aromatic carbocycles. The minimum Gasteiger partial charge on any atom is -0.508 e. The Balaban J connectivity index is 2.07. The van der Waals surface area contributed by atoms with Crippen molar-refractivity contribution < 1.29 is 23.7 Å². The Morgan fingerprint density at radius 1 is 0.679 bits per heavy atom. The highest BCUT2D eigenvalue weighted by molar-refractivity contribution is 6.73. The number of allylic oxidation sites excluding steroid dienone is 1. The van der Waals surface area contributed by atoms with E-state index in [-0.39, 0.29) is 5.75 Å². The van der Waals surface area contributed by atoms with Gasteiger partial charge in [0.2, 0.25) is 0 Å². The second-order valence-corrected chi connectivity index (χ2v) is 9.82. The van der Waals surface area contributed by atoms with E-state index in [1.165, 1.54) is 0 Å². The smallest absolute Gasteiger partial charge is 0.494 e. The molecule has 152 valence electrons. The van der Waals surface area contributed by atoms with Crippen molar-refractivity contribution in [3.05, 3.63) is 35.3 Å². The van der Waals surface area contributed by atoms with Crippen LogP contribution in [-0.2, 0) is 18.6 Å². The fraction of sp³-hybridized carbons (Fsp3) is 0.619. The summed E-state index contributed by atoms with van der Waals surface area (Å²) in [5.74, 6) is 0.213. The Bertz CT molecular complexity index is 748. The Labute approximate surface area is 169 Å². The van der Waals surface area contributed by atoms with Gasteiger partial charge in [0.1, 0.15) is 5.75 Å². The van der Waals surface area contributed by atoms with Crippen LogP contribution in [0.1, 0.15) is 67.9 Å². The van der Waals surface area contributed by atoms with E-state index in [2.05, 4.69) is 0 Å². The number of hydrogen-bond acceptors (Lipinski definition) is 5. The van der Waals surface area contributed by atoms with Gasteiger partial charge < -0.3 is 23.7 Å². The van der Waals surface area contributed by atoms with Crippen LogP contribution >= 0.6 is 0 Å². The van der Waals surface area contributed by atoms with Gasteiger partial charge in [-0.3, -0.25) is 0 Å². The maximum atomic E-state index is 9.73. The number of hydrogen-bond donors (Lipinski definition) is 1. The molecular formula is C21H32B2O5. The largest absolute Gasteiger partial charge is 0.508 e. The van der Waals surface area contributed by atoms with Crippen LogP contribution in [0.3, 0.4) is 0 Å². The summed E-state index contributed by atoms with van der Waals surface area (Å²) in [5.41, 5.74) is 0.888. The highest BCUT2D eigenvalue weighted by atomic mass is 16.7.